The quantitative estimate of drug-likeness (QED) is 0.516. The van der Waals surface area contributed by atoms with E-state index in [4.69, 9.17) is 23.2 Å². The first kappa shape index (κ1) is 19.6. The Bertz CT molecular complexity index is 1160. The van der Waals surface area contributed by atoms with Crippen LogP contribution in [0.15, 0.2) is 59.6 Å². The Morgan fingerprint density at radius 1 is 0.897 bits per heavy atom. The summed E-state index contributed by atoms with van der Waals surface area (Å²) in [5.41, 5.74) is 0.388. The van der Waals surface area contributed by atoms with Gasteiger partial charge in [0.05, 0.1) is 11.3 Å². The van der Waals surface area contributed by atoms with Crippen LogP contribution in [0.2, 0.25) is 10.0 Å². The zero-order valence-electron chi connectivity index (χ0n) is 14.4. The number of halogens is 4. The van der Waals surface area contributed by atoms with E-state index in [2.05, 4.69) is 5.32 Å². The Kier molecular flexibility index (Phi) is 5.12. The number of amides is 2. The highest BCUT2D eigenvalue weighted by atomic mass is 35.5. The average molecular weight is 451 g/mol. The van der Waals surface area contributed by atoms with Gasteiger partial charge in [-0.05, 0) is 41.8 Å². The normalized spacial score (nSPS) is 14.1. The van der Waals surface area contributed by atoms with Crippen molar-refractivity contribution >= 4 is 63.3 Å². The van der Waals surface area contributed by atoms with E-state index in [1.165, 1.54) is 35.6 Å². The summed E-state index contributed by atoms with van der Waals surface area (Å²) in [5.74, 6) is -3.35. The van der Waals surface area contributed by atoms with Crippen molar-refractivity contribution in [2.75, 3.05) is 10.2 Å². The van der Waals surface area contributed by atoms with Gasteiger partial charge in [-0.1, -0.05) is 29.3 Å². The van der Waals surface area contributed by atoms with Gasteiger partial charge in [0.1, 0.15) is 5.70 Å². The second-order valence-corrected chi connectivity index (χ2v) is 7.88. The predicted octanol–water partition coefficient (Wildman–Crippen LogP) is 5.73. The minimum atomic E-state index is -1.08. The van der Waals surface area contributed by atoms with Crippen LogP contribution in [-0.2, 0) is 9.59 Å². The zero-order valence-corrected chi connectivity index (χ0v) is 16.7. The number of thiophene rings is 1. The van der Waals surface area contributed by atoms with Crippen molar-refractivity contribution in [3.8, 4) is 0 Å². The van der Waals surface area contributed by atoms with Gasteiger partial charge in [0, 0.05) is 26.7 Å². The summed E-state index contributed by atoms with van der Waals surface area (Å²) >= 11 is 13.3. The number of anilines is 2. The Morgan fingerprint density at radius 3 is 2.24 bits per heavy atom. The lowest BCUT2D eigenvalue weighted by atomic mass is 10.2. The fraction of sp³-hybridized carbons (Fsp3) is 0. The molecule has 1 aliphatic rings. The van der Waals surface area contributed by atoms with E-state index < -0.39 is 23.4 Å². The summed E-state index contributed by atoms with van der Waals surface area (Å²) < 4.78 is 26.8. The molecule has 4 nitrogen and oxygen atoms in total. The molecule has 3 aromatic rings. The lowest BCUT2D eigenvalue weighted by molar-refractivity contribution is -0.120. The van der Waals surface area contributed by atoms with Crippen LogP contribution in [0.25, 0.3) is 5.57 Å². The molecule has 1 N–H and O–H groups in total. The Morgan fingerprint density at radius 2 is 1.62 bits per heavy atom. The summed E-state index contributed by atoms with van der Waals surface area (Å²) in [6.07, 6.45) is 0. The lowest BCUT2D eigenvalue weighted by Crippen LogP contribution is -2.32. The van der Waals surface area contributed by atoms with Crippen LogP contribution in [0, 0.1) is 11.6 Å². The van der Waals surface area contributed by atoms with Gasteiger partial charge in [-0.3, -0.25) is 9.59 Å². The SMILES string of the molecule is O=C1C(Nc2ccc(F)c(F)c2)=C(c2cccs2)C(=O)N1c1cc(Cl)cc(Cl)c1. The van der Waals surface area contributed by atoms with Gasteiger partial charge in [0.15, 0.2) is 11.6 Å². The fourth-order valence-electron chi connectivity index (χ4n) is 2.92. The number of nitrogens with one attached hydrogen (secondary N) is 1. The number of hydrogen-bond donors (Lipinski definition) is 1. The van der Waals surface area contributed by atoms with Crippen LogP contribution in [0.4, 0.5) is 20.2 Å². The molecular formula is C20H10Cl2F2N2O2S. The van der Waals surface area contributed by atoms with E-state index in [0.717, 1.165) is 17.0 Å². The Hall–Kier alpha value is -2.74. The first-order valence-electron chi connectivity index (χ1n) is 8.20. The number of rotatable bonds is 4. The maximum Gasteiger partial charge on any atom is 0.282 e. The standard InChI is InChI=1S/C20H10Cl2F2N2O2S/c21-10-6-11(22)8-13(7-10)26-19(27)17(16-2-1-5-29-16)18(20(26)28)25-12-3-4-14(23)15(24)9-12/h1-9,25H. The Labute approximate surface area is 178 Å². The average Bonchev–Trinajstić information content (AvgIpc) is 3.24. The predicted molar refractivity (Wildman–Crippen MR) is 110 cm³/mol. The molecule has 0 saturated carbocycles. The van der Waals surface area contributed by atoms with E-state index in [1.54, 1.807) is 17.5 Å². The molecule has 0 bridgehead atoms. The minimum absolute atomic E-state index is 0.0560. The van der Waals surface area contributed by atoms with Crippen molar-refractivity contribution in [2.24, 2.45) is 0 Å². The second kappa shape index (κ2) is 7.59. The second-order valence-electron chi connectivity index (χ2n) is 6.05. The van der Waals surface area contributed by atoms with Gasteiger partial charge in [-0.15, -0.1) is 11.3 Å². The fourth-order valence-corrected chi connectivity index (χ4v) is 4.20. The molecule has 9 heteroatoms. The summed E-state index contributed by atoms with van der Waals surface area (Å²) in [6.45, 7) is 0. The van der Waals surface area contributed by atoms with Gasteiger partial charge >= 0.3 is 0 Å². The van der Waals surface area contributed by atoms with E-state index in [9.17, 15) is 18.4 Å². The van der Waals surface area contributed by atoms with Crippen molar-refractivity contribution in [3.05, 3.63) is 86.2 Å². The molecule has 2 amide bonds. The van der Waals surface area contributed by atoms with Crippen molar-refractivity contribution in [1.82, 2.24) is 0 Å². The van der Waals surface area contributed by atoms with Crippen LogP contribution < -0.4 is 10.2 Å². The monoisotopic (exact) mass is 450 g/mol. The van der Waals surface area contributed by atoms with Crippen molar-refractivity contribution in [3.63, 3.8) is 0 Å². The van der Waals surface area contributed by atoms with Crippen molar-refractivity contribution in [1.29, 1.82) is 0 Å². The van der Waals surface area contributed by atoms with Gasteiger partial charge < -0.3 is 5.32 Å². The molecule has 0 saturated heterocycles. The highest BCUT2D eigenvalue weighted by Gasteiger charge is 2.41. The molecule has 146 valence electrons. The zero-order chi connectivity index (χ0) is 20.7. The third-order valence-corrected chi connectivity index (χ3v) is 5.47. The number of nitrogens with zero attached hydrogens (tertiary/aromatic N) is 1. The molecular weight excluding hydrogens is 441 g/mol. The Balaban J connectivity index is 1.81. The van der Waals surface area contributed by atoms with Crippen LogP contribution in [0.3, 0.4) is 0 Å². The number of carbonyl (C=O) groups excluding carboxylic acids is 2. The van der Waals surface area contributed by atoms with Gasteiger partial charge in [0.2, 0.25) is 0 Å². The summed E-state index contributed by atoms with van der Waals surface area (Å²) in [7, 11) is 0. The van der Waals surface area contributed by atoms with E-state index in [-0.39, 0.29) is 32.7 Å². The summed E-state index contributed by atoms with van der Waals surface area (Å²) in [5, 5.41) is 5.03. The van der Waals surface area contributed by atoms with Crippen molar-refractivity contribution < 1.29 is 18.4 Å². The third kappa shape index (κ3) is 3.64. The first-order chi connectivity index (χ1) is 13.8. The highest BCUT2D eigenvalue weighted by Crippen LogP contribution is 2.37. The maximum absolute atomic E-state index is 13.6. The molecule has 2 aromatic carbocycles. The largest absolute Gasteiger partial charge is 0.350 e. The number of imide groups is 1. The molecule has 0 unspecified atom stereocenters. The molecule has 1 aromatic heterocycles. The maximum atomic E-state index is 13.6. The summed E-state index contributed by atoms with van der Waals surface area (Å²) in [6, 6.07) is 10.9. The van der Waals surface area contributed by atoms with Crippen molar-refractivity contribution in [2.45, 2.75) is 0 Å². The number of hydrogen-bond acceptors (Lipinski definition) is 4. The van der Waals surface area contributed by atoms with E-state index >= 15 is 0 Å². The summed E-state index contributed by atoms with van der Waals surface area (Å²) in [4.78, 5) is 27.8. The molecule has 0 spiro atoms. The van der Waals surface area contributed by atoms with E-state index in [1.807, 2.05) is 0 Å². The first-order valence-corrected chi connectivity index (χ1v) is 9.84. The van der Waals surface area contributed by atoms with Crippen LogP contribution >= 0.6 is 34.5 Å². The van der Waals surface area contributed by atoms with Gasteiger partial charge in [-0.25, -0.2) is 13.7 Å². The molecule has 1 aliphatic heterocycles. The van der Waals surface area contributed by atoms with Crippen LogP contribution in [-0.4, -0.2) is 11.8 Å². The molecule has 0 aliphatic carbocycles. The highest BCUT2D eigenvalue weighted by molar-refractivity contribution is 7.11. The molecule has 0 radical (unpaired) electrons. The molecule has 0 atom stereocenters. The van der Waals surface area contributed by atoms with Gasteiger partial charge in [-0.2, -0.15) is 0 Å². The molecule has 2 heterocycles. The minimum Gasteiger partial charge on any atom is -0.350 e. The molecule has 0 fully saturated rings. The number of benzene rings is 2. The molecule has 29 heavy (non-hydrogen) atoms. The van der Waals surface area contributed by atoms with Crippen LogP contribution in [0.5, 0.6) is 0 Å². The van der Waals surface area contributed by atoms with Crippen LogP contribution in [0.1, 0.15) is 4.88 Å². The van der Waals surface area contributed by atoms with Gasteiger partial charge in [0.25, 0.3) is 11.8 Å². The third-order valence-electron chi connectivity index (χ3n) is 4.15. The lowest BCUT2D eigenvalue weighted by Gasteiger charge is -2.16. The number of carbonyl (C=O) groups is 2. The smallest absolute Gasteiger partial charge is 0.282 e. The molecule has 4 rings (SSSR count). The topological polar surface area (TPSA) is 49.4 Å². The van der Waals surface area contributed by atoms with E-state index in [0.29, 0.717) is 4.88 Å².